The van der Waals surface area contributed by atoms with Gasteiger partial charge in [-0.3, -0.25) is 8.98 Å². The number of carboxylic acids is 1. The molecule has 0 aliphatic heterocycles. The molecule has 0 spiro atoms. The minimum Gasteiger partial charge on any atom is -0.481 e. The number of hydrogen-bond donors (Lipinski definition) is 1. The number of hydrogen-bond acceptors (Lipinski definition) is 5. The first-order valence-electron chi connectivity index (χ1n) is 4.04. The third kappa shape index (κ3) is 3.64. The van der Waals surface area contributed by atoms with Crippen molar-refractivity contribution in [1.82, 2.24) is 4.98 Å². The van der Waals surface area contributed by atoms with E-state index in [0.29, 0.717) is 0 Å². The monoisotopic (exact) mass is 231 g/mol. The second-order valence-electron chi connectivity index (χ2n) is 2.59. The average molecular weight is 231 g/mol. The Morgan fingerprint density at radius 3 is 2.73 bits per heavy atom. The molecule has 0 saturated heterocycles. The highest BCUT2D eigenvalue weighted by Gasteiger charge is 2.16. The standard InChI is InChI=1S/C8H9NO5S/c10-8(11)4-6-14-15(12,13)7-3-1-2-5-9-7/h1-3,5H,4,6H2,(H,10,11). The van der Waals surface area contributed by atoms with E-state index in [1.54, 1.807) is 6.07 Å². The van der Waals surface area contributed by atoms with Crippen molar-refractivity contribution in [2.45, 2.75) is 11.4 Å². The zero-order valence-electron chi connectivity index (χ0n) is 7.66. The lowest BCUT2D eigenvalue weighted by atomic mass is 10.5. The van der Waals surface area contributed by atoms with E-state index in [1.165, 1.54) is 18.3 Å². The fraction of sp³-hybridized carbons (Fsp3) is 0.250. The van der Waals surface area contributed by atoms with Gasteiger partial charge in [0.25, 0.3) is 0 Å². The SMILES string of the molecule is O=C(O)CCOS(=O)(=O)c1ccccn1. The number of carbonyl (C=O) groups is 1. The molecular formula is C8H9NO5S. The molecule has 1 N–H and O–H groups in total. The predicted octanol–water partition coefficient (Wildman–Crippen LogP) is 0.262. The Morgan fingerprint density at radius 2 is 2.20 bits per heavy atom. The average Bonchev–Trinajstić information content (AvgIpc) is 2.18. The van der Waals surface area contributed by atoms with Crippen molar-refractivity contribution in [3.8, 4) is 0 Å². The molecule has 0 bridgehead atoms. The number of aliphatic carboxylic acids is 1. The molecule has 0 unspecified atom stereocenters. The summed E-state index contributed by atoms with van der Waals surface area (Å²) in [4.78, 5) is 13.7. The molecule has 0 aliphatic carbocycles. The lowest BCUT2D eigenvalue weighted by Crippen LogP contribution is -2.11. The minimum absolute atomic E-state index is 0.226. The minimum atomic E-state index is -3.93. The van der Waals surface area contributed by atoms with Crippen LogP contribution in [0.15, 0.2) is 29.4 Å². The summed E-state index contributed by atoms with van der Waals surface area (Å²) in [7, 11) is -3.93. The van der Waals surface area contributed by atoms with E-state index in [2.05, 4.69) is 9.17 Å². The smallest absolute Gasteiger partial charge is 0.314 e. The maximum Gasteiger partial charge on any atom is 0.314 e. The predicted molar refractivity (Wildman–Crippen MR) is 49.6 cm³/mol. The molecule has 0 aromatic carbocycles. The largest absolute Gasteiger partial charge is 0.481 e. The molecule has 0 saturated carbocycles. The van der Waals surface area contributed by atoms with Crippen molar-refractivity contribution >= 4 is 16.1 Å². The molecule has 82 valence electrons. The molecule has 0 aliphatic rings. The van der Waals surface area contributed by atoms with Crippen molar-refractivity contribution < 1.29 is 22.5 Å². The normalized spacial score (nSPS) is 11.2. The summed E-state index contributed by atoms with van der Waals surface area (Å²) in [6.07, 6.45) is 0.944. The van der Waals surface area contributed by atoms with Crippen molar-refractivity contribution in [1.29, 1.82) is 0 Å². The number of nitrogens with zero attached hydrogens (tertiary/aromatic N) is 1. The van der Waals surface area contributed by atoms with Gasteiger partial charge in [0.05, 0.1) is 13.0 Å². The van der Waals surface area contributed by atoms with Gasteiger partial charge >= 0.3 is 16.1 Å². The van der Waals surface area contributed by atoms with Crippen molar-refractivity contribution in [2.75, 3.05) is 6.61 Å². The molecule has 1 aromatic rings. The van der Waals surface area contributed by atoms with Gasteiger partial charge in [-0.05, 0) is 12.1 Å². The van der Waals surface area contributed by atoms with E-state index in [0.717, 1.165) is 0 Å². The Balaban J connectivity index is 2.65. The fourth-order valence-corrected chi connectivity index (χ4v) is 1.65. The summed E-state index contributed by atoms with van der Waals surface area (Å²) in [5, 5.41) is 8.06. The summed E-state index contributed by atoms with van der Waals surface area (Å²) in [5.74, 6) is -1.12. The van der Waals surface area contributed by atoms with Crippen molar-refractivity contribution in [2.24, 2.45) is 0 Å². The number of aromatic nitrogens is 1. The highest BCUT2D eigenvalue weighted by Crippen LogP contribution is 2.07. The Morgan fingerprint density at radius 1 is 1.47 bits per heavy atom. The first-order chi connectivity index (χ1) is 7.02. The zero-order valence-corrected chi connectivity index (χ0v) is 8.48. The molecule has 6 nitrogen and oxygen atoms in total. The van der Waals surface area contributed by atoms with E-state index in [9.17, 15) is 13.2 Å². The lowest BCUT2D eigenvalue weighted by Gasteiger charge is -2.02. The number of carboxylic acid groups (broad SMARTS) is 1. The highest BCUT2D eigenvalue weighted by molar-refractivity contribution is 7.86. The van der Waals surface area contributed by atoms with E-state index in [4.69, 9.17) is 5.11 Å². The second kappa shape index (κ2) is 4.85. The number of rotatable bonds is 5. The van der Waals surface area contributed by atoms with Gasteiger partial charge < -0.3 is 5.11 Å². The molecule has 0 fully saturated rings. The molecule has 15 heavy (non-hydrogen) atoms. The molecule has 1 aromatic heterocycles. The van der Waals surface area contributed by atoms with Crippen LogP contribution in [0, 0.1) is 0 Å². The Hall–Kier alpha value is -1.47. The summed E-state index contributed by atoms with van der Waals surface area (Å²) in [6.45, 7) is -0.395. The Labute approximate surface area is 86.6 Å². The van der Waals surface area contributed by atoms with Crippen LogP contribution in [0.1, 0.15) is 6.42 Å². The summed E-state index contributed by atoms with van der Waals surface area (Å²) < 4.78 is 27.1. The van der Waals surface area contributed by atoms with Gasteiger partial charge in [0.15, 0.2) is 5.03 Å². The first-order valence-corrected chi connectivity index (χ1v) is 5.45. The van der Waals surface area contributed by atoms with Gasteiger partial charge in [0.1, 0.15) is 0 Å². The Kier molecular flexibility index (Phi) is 3.75. The summed E-state index contributed by atoms with van der Waals surface area (Å²) in [6, 6.07) is 4.34. The molecule has 1 rings (SSSR count). The molecule has 1 heterocycles. The van der Waals surface area contributed by atoms with Crippen LogP contribution in [0.2, 0.25) is 0 Å². The van der Waals surface area contributed by atoms with Gasteiger partial charge in [-0.25, -0.2) is 4.98 Å². The summed E-state index contributed by atoms with van der Waals surface area (Å²) in [5.41, 5.74) is 0. The van der Waals surface area contributed by atoms with E-state index in [1.807, 2.05) is 0 Å². The molecule has 0 amide bonds. The third-order valence-corrected chi connectivity index (χ3v) is 2.68. The van der Waals surface area contributed by atoms with Gasteiger partial charge in [-0.15, -0.1) is 0 Å². The van der Waals surface area contributed by atoms with Gasteiger partial charge in [0.2, 0.25) is 0 Å². The van der Waals surface area contributed by atoms with E-state index in [-0.39, 0.29) is 11.4 Å². The third-order valence-electron chi connectivity index (χ3n) is 1.45. The van der Waals surface area contributed by atoms with Crippen LogP contribution < -0.4 is 0 Å². The first kappa shape index (κ1) is 11.6. The Bertz CT molecular complexity index is 428. The lowest BCUT2D eigenvalue weighted by molar-refractivity contribution is -0.137. The second-order valence-corrected chi connectivity index (χ2v) is 4.15. The summed E-state index contributed by atoms with van der Waals surface area (Å²) >= 11 is 0. The van der Waals surface area contributed by atoms with Crippen molar-refractivity contribution in [3.63, 3.8) is 0 Å². The van der Waals surface area contributed by atoms with Gasteiger partial charge in [0, 0.05) is 6.20 Å². The number of pyridine rings is 1. The van der Waals surface area contributed by atoms with Crippen LogP contribution in [0.3, 0.4) is 0 Å². The fourth-order valence-electron chi connectivity index (χ4n) is 0.794. The quantitative estimate of drug-likeness (QED) is 0.730. The van der Waals surface area contributed by atoms with E-state index >= 15 is 0 Å². The van der Waals surface area contributed by atoms with Crippen LogP contribution in [0.25, 0.3) is 0 Å². The van der Waals surface area contributed by atoms with Gasteiger partial charge in [-0.2, -0.15) is 8.42 Å². The van der Waals surface area contributed by atoms with Crippen LogP contribution in [0.5, 0.6) is 0 Å². The van der Waals surface area contributed by atoms with Crippen LogP contribution in [0.4, 0.5) is 0 Å². The molecule has 7 heteroatoms. The zero-order chi connectivity index (χ0) is 11.3. The van der Waals surface area contributed by atoms with Crippen molar-refractivity contribution in [3.05, 3.63) is 24.4 Å². The van der Waals surface area contributed by atoms with Crippen LogP contribution in [-0.2, 0) is 19.1 Å². The maximum absolute atomic E-state index is 11.3. The molecular weight excluding hydrogens is 222 g/mol. The highest BCUT2D eigenvalue weighted by atomic mass is 32.2. The maximum atomic E-state index is 11.3. The van der Waals surface area contributed by atoms with Crippen LogP contribution in [-0.4, -0.2) is 31.1 Å². The molecule has 0 radical (unpaired) electrons. The van der Waals surface area contributed by atoms with Crippen LogP contribution >= 0.6 is 0 Å². The van der Waals surface area contributed by atoms with E-state index < -0.39 is 22.7 Å². The molecule has 0 atom stereocenters. The topological polar surface area (TPSA) is 93.6 Å². The van der Waals surface area contributed by atoms with Gasteiger partial charge in [-0.1, -0.05) is 6.07 Å².